The second-order valence-corrected chi connectivity index (χ2v) is 7.68. The fraction of sp³-hybridized carbons (Fsp3) is 0.368. The van der Waals surface area contributed by atoms with Crippen molar-refractivity contribution in [2.45, 2.75) is 32.7 Å². The van der Waals surface area contributed by atoms with Crippen LogP contribution in [0.2, 0.25) is 0 Å². The van der Waals surface area contributed by atoms with E-state index >= 15 is 0 Å². The predicted molar refractivity (Wildman–Crippen MR) is 105 cm³/mol. The zero-order valence-corrected chi connectivity index (χ0v) is 16.6. The summed E-state index contributed by atoms with van der Waals surface area (Å²) in [5.41, 5.74) is 1.31. The Labute approximate surface area is 166 Å². The summed E-state index contributed by atoms with van der Waals surface area (Å²) in [6, 6.07) is 3.77. The van der Waals surface area contributed by atoms with Crippen LogP contribution >= 0.6 is 11.3 Å². The van der Waals surface area contributed by atoms with E-state index in [4.69, 9.17) is 9.47 Å². The van der Waals surface area contributed by atoms with E-state index in [0.29, 0.717) is 22.4 Å². The van der Waals surface area contributed by atoms with Crippen LogP contribution in [0, 0.1) is 13.8 Å². The van der Waals surface area contributed by atoms with Crippen LogP contribution in [0.25, 0.3) is 0 Å². The van der Waals surface area contributed by atoms with Gasteiger partial charge in [0, 0.05) is 17.1 Å². The van der Waals surface area contributed by atoms with Crippen LogP contribution in [0.3, 0.4) is 0 Å². The molecule has 0 bridgehead atoms. The quantitative estimate of drug-likeness (QED) is 0.685. The van der Waals surface area contributed by atoms with E-state index in [1.165, 1.54) is 24.6 Å². The molecule has 2 aromatic heterocycles. The van der Waals surface area contributed by atoms with Gasteiger partial charge >= 0.3 is 11.9 Å². The highest BCUT2D eigenvalue weighted by molar-refractivity contribution is 7.16. The Balaban J connectivity index is 1.56. The van der Waals surface area contributed by atoms with E-state index in [1.807, 2.05) is 6.92 Å². The Kier molecular flexibility index (Phi) is 5.93. The molecule has 1 aliphatic carbocycles. The maximum absolute atomic E-state index is 12.2. The number of pyridine rings is 1. The van der Waals surface area contributed by atoms with Gasteiger partial charge in [0.2, 0.25) is 0 Å². The summed E-state index contributed by atoms with van der Waals surface area (Å²) in [6.45, 7) is 3.15. The maximum Gasteiger partial charge on any atom is 0.341 e. The average Bonchev–Trinajstić information content (AvgIpc) is 3.45. The van der Waals surface area contributed by atoms with Crippen LogP contribution in [0.15, 0.2) is 18.3 Å². The molecular weight excluding hydrogens is 382 g/mol. The summed E-state index contributed by atoms with van der Waals surface area (Å²) in [4.78, 5) is 41.2. The Hall–Kier alpha value is -2.94. The molecule has 0 radical (unpaired) electrons. The molecule has 0 unspecified atom stereocenters. The SMILES string of the molecule is COC(=O)c1c(NC(=O)COC(=O)c2ccc(NC3CC3)nc2)sc(C)c1C. The number of hydrogen-bond donors (Lipinski definition) is 2. The lowest BCUT2D eigenvalue weighted by molar-refractivity contribution is -0.119. The van der Waals surface area contributed by atoms with Gasteiger partial charge in [0.05, 0.1) is 18.2 Å². The molecule has 0 spiro atoms. The molecule has 9 heteroatoms. The van der Waals surface area contributed by atoms with E-state index in [-0.39, 0.29) is 5.56 Å². The summed E-state index contributed by atoms with van der Waals surface area (Å²) in [7, 11) is 1.28. The van der Waals surface area contributed by atoms with Gasteiger partial charge in [-0.25, -0.2) is 14.6 Å². The molecule has 2 heterocycles. The number of methoxy groups -OCH3 is 1. The van der Waals surface area contributed by atoms with Gasteiger partial charge in [-0.3, -0.25) is 4.79 Å². The van der Waals surface area contributed by atoms with Gasteiger partial charge in [-0.15, -0.1) is 11.3 Å². The molecule has 0 atom stereocenters. The van der Waals surface area contributed by atoms with Crippen molar-refractivity contribution < 1.29 is 23.9 Å². The lowest BCUT2D eigenvalue weighted by Crippen LogP contribution is -2.21. The molecule has 1 amide bonds. The smallest absolute Gasteiger partial charge is 0.341 e. The predicted octanol–water partition coefficient (Wildman–Crippen LogP) is 2.92. The number of aromatic nitrogens is 1. The van der Waals surface area contributed by atoms with Crippen molar-refractivity contribution >= 4 is 40.0 Å². The number of ether oxygens (including phenoxy) is 2. The third-order valence-corrected chi connectivity index (χ3v) is 5.41. The number of amides is 1. The first-order valence-corrected chi connectivity index (χ1v) is 9.58. The van der Waals surface area contributed by atoms with Crippen molar-refractivity contribution in [3.8, 4) is 0 Å². The highest BCUT2D eigenvalue weighted by Crippen LogP contribution is 2.32. The molecule has 0 aliphatic heterocycles. The Morgan fingerprint density at radius 3 is 2.57 bits per heavy atom. The number of hydrogen-bond acceptors (Lipinski definition) is 8. The third kappa shape index (κ3) is 4.66. The van der Waals surface area contributed by atoms with Gasteiger partial charge < -0.3 is 20.1 Å². The number of nitrogens with zero attached hydrogens (tertiary/aromatic N) is 1. The lowest BCUT2D eigenvalue weighted by Gasteiger charge is -2.08. The Morgan fingerprint density at radius 2 is 1.96 bits per heavy atom. The van der Waals surface area contributed by atoms with Crippen LogP contribution in [-0.4, -0.2) is 42.6 Å². The van der Waals surface area contributed by atoms with Crippen molar-refractivity contribution in [3.63, 3.8) is 0 Å². The minimum atomic E-state index is -0.646. The topological polar surface area (TPSA) is 107 Å². The molecule has 0 aromatic carbocycles. The number of carbonyl (C=O) groups excluding carboxylic acids is 3. The summed E-state index contributed by atoms with van der Waals surface area (Å²) in [6.07, 6.45) is 3.66. The number of nitrogens with one attached hydrogen (secondary N) is 2. The zero-order chi connectivity index (χ0) is 20.3. The highest BCUT2D eigenvalue weighted by atomic mass is 32.1. The molecular formula is C19H21N3O5S. The van der Waals surface area contributed by atoms with Crippen LogP contribution in [0.1, 0.15) is 44.0 Å². The number of carbonyl (C=O) groups is 3. The first-order valence-electron chi connectivity index (χ1n) is 8.77. The molecule has 1 saturated carbocycles. The van der Waals surface area contributed by atoms with Crippen LogP contribution in [-0.2, 0) is 14.3 Å². The highest BCUT2D eigenvalue weighted by Gasteiger charge is 2.23. The fourth-order valence-corrected chi connectivity index (χ4v) is 3.54. The van der Waals surface area contributed by atoms with Gasteiger partial charge in [0.15, 0.2) is 6.61 Å². The average molecular weight is 403 g/mol. The first kappa shape index (κ1) is 19.8. The summed E-state index contributed by atoms with van der Waals surface area (Å²) < 4.78 is 9.80. The molecule has 0 saturated heterocycles. The number of anilines is 2. The summed E-state index contributed by atoms with van der Waals surface area (Å²) in [5.74, 6) is -1.01. The van der Waals surface area contributed by atoms with Crippen LogP contribution in [0.4, 0.5) is 10.8 Å². The van der Waals surface area contributed by atoms with Gasteiger partial charge in [0.25, 0.3) is 5.91 Å². The van der Waals surface area contributed by atoms with E-state index < -0.39 is 24.5 Å². The summed E-state index contributed by atoms with van der Waals surface area (Å²) >= 11 is 1.26. The monoisotopic (exact) mass is 403 g/mol. The van der Waals surface area contributed by atoms with Crippen molar-refractivity contribution in [3.05, 3.63) is 39.9 Å². The normalized spacial score (nSPS) is 13.0. The molecule has 3 rings (SSSR count). The Morgan fingerprint density at radius 1 is 1.21 bits per heavy atom. The van der Waals surface area contributed by atoms with Crippen LogP contribution < -0.4 is 10.6 Å². The second kappa shape index (κ2) is 8.39. The molecule has 2 N–H and O–H groups in total. The fourth-order valence-electron chi connectivity index (χ4n) is 2.48. The number of thiophene rings is 1. The van der Waals surface area contributed by atoms with Gasteiger partial charge in [-0.2, -0.15) is 0 Å². The molecule has 8 nitrogen and oxygen atoms in total. The van der Waals surface area contributed by atoms with Gasteiger partial charge in [0.1, 0.15) is 10.8 Å². The van der Waals surface area contributed by atoms with Crippen molar-refractivity contribution in [2.24, 2.45) is 0 Å². The minimum absolute atomic E-state index is 0.257. The van der Waals surface area contributed by atoms with Crippen molar-refractivity contribution in [1.29, 1.82) is 0 Å². The molecule has 1 aliphatic rings. The molecule has 28 heavy (non-hydrogen) atoms. The maximum atomic E-state index is 12.2. The lowest BCUT2D eigenvalue weighted by atomic mass is 10.1. The van der Waals surface area contributed by atoms with Crippen LogP contribution in [0.5, 0.6) is 0 Å². The van der Waals surface area contributed by atoms with E-state index in [2.05, 4.69) is 15.6 Å². The largest absolute Gasteiger partial charge is 0.465 e. The molecule has 148 valence electrons. The number of aryl methyl sites for hydroxylation is 1. The molecule has 1 fully saturated rings. The van der Waals surface area contributed by atoms with E-state index in [0.717, 1.165) is 23.3 Å². The van der Waals surface area contributed by atoms with E-state index in [9.17, 15) is 14.4 Å². The Bertz CT molecular complexity index is 903. The van der Waals surface area contributed by atoms with Crippen molar-refractivity contribution in [1.82, 2.24) is 4.98 Å². The third-order valence-electron chi connectivity index (χ3n) is 4.29. The van der Waals surface area contributed by atoms with Gasteiger partial charge in [-0.1, -0.05) is 0 Å². The first-order chi connectivity index (χ1) is 13.4. The zero-order valence-electron chi connectivity index (χ0n) is 15.8. The van der Waals surface area contributed by atoms with Crippen molar-refractivity contribution in [2.75, 3.05) is 24.4 Å². The van der Waals surface area contributed by atoms with E-state index in [1.54, 1.807) is 19.1 Å². The standard InChI is InChI=1S/C19H21N3O5S/c1-10-11(2)28-17(16(10)19(25)26-3)22-15(23)9-27-18(24)12-4-7-14(20-8-12)21-13-5-6-13/h4,7-8,13H,5-6,9H2,1-3H3,(H,20,21)(H,22,23). The number of rotatable bonds is 7. The second-order valence-electron chi connectivity index (χ2n) is 6.45. The summed E-state index contributed by atoms with van der Waals surface area (Å²) in [5, 5.41) is 6.20. The minimum Gasteiger partial charge on any atom is -0.465 e. The molecule has 2 aromatic rings. The number of esters is 2. The van der Waals surface area contributed by atoms with Gasteiger partial charge in [-0.05, 0) is 44.4 Å².